The van der Waals surface area contributed by atoms with Gasteiger partial charge in [-0.05, 0) is 27.8 Å². The van der Waals surface area contributed by atoms with Gasteiger partial charge in [-0.3, -0.25) is 0 Å². The zero-order valence-electron chi connectivity index (χ0n) is 7.85. The Hall–Kier alpha value is -0.120. The number of aliphatic hydroxyl groups excluding tert-OH is 1. The van der Waals surface area contributed by atoms with Gasteiger partial charge in [-0.1, -0.05) is 0 Å². The second-order valence-electron chi connectivity index (χ2n) is 3.59. The zero-order chi connectivity index (χ0) is 8.91. The van der Waals surface area contributed by atoms with Gasteiger partial charge < -0.3 is 15.2 Å². The van der Waals surface area contributed by atoms with Crippen molar-refractivity contribution in [3.05, 3.63) is 0 Å². The summed E-state index contributed by atoms with van der Waals surface area (Å²) in [5.74, 6) is 0. The molecule has 1 unspecified atom stereocenters. The van der Waals surface area contributed by atoms with Crippen LogP contribution in [0.4, 0.5) is 0 Å². The average Bonchev–Trinajstić information content (AvgIpc) is 1.88. The van der Waals surface area contributed by atoms with Gasteiger partial charge in [0.05, 0.1) is 24.9 Å². The molecule has 0 fully saturated rings. The SMILES string of the molecule is CNC(CO)COC(C)(C)C. The summed E-state index contributed by atoms with van der Waals surface area (Å²) in [6.07, 6.45) is 0. The molecule has 0 amide bonds. The standard InChI is InChI=1S/C8H19NO2/c1-8(2,3)11-6-7(5-10)9-4/h7,9-10H,5-6H2,1-4H3. The third-order valence-corrected chi connectivity index (χ3v) is 1.35. The highest BCUT2D eigenvalue weighted by Gasteiger charge is 2.12. The van der Waals surface area contributed by atoms with E-state index in [-0.39, 0.29) is 18.2 Å². The van der Waals surface area contributed by atoms with Gasteiger partial charge in [0.25, 0.3) is 0 Å². The molecular formula is C8H19NO2. The first-order chi connectivity index (χ1) is 4.99. The van der Waals surface area contributed by atoms with E-state index in [2.05, 4.69) is 5.32 Å². The van der Waals surface area contributed by atoms with Gasteiger partial charge in [-0.15, -0.1) is 0 Å². The second-order valence-corrected chi connectivity index (χ2v) is 3.59. The largest absolute Gasteiger partial charge is 0.395 e. The first-order valence-corrected chi connectivity index (χ1v) is 3.91. The van der Waals surface area contributed by atoms with Gasteiger partial charge in [0.15, 0.2) is 0 Å². The predicted molar refractivity (Wildman–Crippen MR) is 45.6 cm³/mol. The summed E-state index contributed by atoms with van der Waals surface area (Å²) in [5, 5.41) is 11.7. The lowest BCUT2D eigenvalue weighted by atomic mass is 10.2. The monoisotopic (exact) mass is 161 g/mol. The zero-order valence-corrected chi connectivity index (χ0v) is 7.85. The summed E-state index contributed by atoms with van der Waals surface area (Å²) in [6, 6.07) is 0.0502. The molecule has 0 aromatic rings. The van der Waals surface area contributed by atoms with Gasteiger partial charge >= 0.3 is 0 Å². The van der Waals surface area contributed by atoms with Crippen molar-refractivity contribution >= 4 is 0 Å². The molecular weight excluding hydrogens is 142 g/mol. The normalized spacial score (nSPS) is 15.0. The Balaban J connectivity index is 3.51. The lowest BCUT2D eigenvalue weighted by Gasteiger charge is -2.23. The highest BCUT2D eigenvalue weighted by Crippen LogP contribution is 2.06. The summed E-state index contributed by atoms with van der Waals surface area (Å²) in [6.45, 7) is 6.66. The molecule has 0 aromatic heterocycles. The molecule has 0 saturated heterocycles. The Morgan fingerprint density at radius 2 is 2.00 bits per heavy atom. The van der Waals surface area contributed by atoms with Crippen LogP contribution >= 0.6 is 0 Å². The van der Waals surface area contributed by atoms with E-state index >= 15 is 0 Å². The minimum Gasteiger partial charge on any atom is -0.395 e. The van der Waals surface area contributed by atoms with Crippen LogP contribution in [0.15, 0.2) is 0 Å². The van der Waals surface area contributed by atoms with Gasteiger partial charge in [0.1, 0.15) is 0 Å². The molecule has 0 aliphatic heterocycles. The van der Waals surface area contributed by atoms with Gasteiger partial charge in [0.2, 0.25) is 0 Å². The number of rotatable bonds is 4. The summed E-state index contributed by atoms with van der Waals surface area (Å²) >= 11 is 0. The fraction of sp³-hybridized carbons (Fsp3) is 1.00. The van der Waals surface area contributed by atoms with Crippen LogP contribution < -0.4 is 5.32 Å². The van der Waals surface area contributed by atoms with E-state index in [1.165, 1.54) is 0 Å². The van der Waals surface area contributed by atoms with Crippen molar-refractivity contribution in [3.63, 3.8) is 0 Å². The number of ether oxygens (including phenoxy) is 1. The van der Waals surface area contributed by atoms with E-state index in [4.69, 9.17) is 9.84 Å². The van der Waals surface area contributed by atoms with Crippen LogP contribution in [0.25, 0.3) is 0 Å². The molecule has 0 bridgehead atoms. The molecule has 0 spiro atoms. The van der Waals surface area contributed by atoms with Gasteiger partial charge in [-0.25, -0.2) is 0 Å². The van der Waals surface area contributed by atoms with Crippen LogP contribution in [0.1, 0.15) is 20.8 Å². The molecule has 68 valence electrons. The number of nitrogens with one attached hydrogen (secondary N) is 1. The third kappa shape index (κ3) is 6.28. The van der Waals surface area contributed by atoms with Crippen molar-refractivity contribution in [1.82, 2.24) is 5.32 Å². The predicted octanol–water partition coefficient (Wildman–Crippen LogP) is 0.382. The first-order valence-electron chi connectivity index (χ1n) is 3.91. The van der Waals surface area contributed by atoms with Gasteiger partial charge in [-0.2, -0.15) is 0 Å². The van der Waals surface area contributed by atoms with E-state index < -0.39 is 0 Å². The molecule has 0 saturated carbocycles. The maximum atomic E-state index is 8.78. The Morgan fingerprint density at radius 3 is 2.27 bits per heavy atom. The number of aliphatic hydroxyl groups is 1. The summed E-state index contributed by atoms with van der Waals surface area (Å²) in [4.78, 5) is 0. The van der Waals surface area contributed by atoms with Crippen molar-refractivity contribution in [2.75, 3.05) is 20.3 Å². The first kappa shape index (κ1) is 10.9. The Morgan fingerprint density at radius 1 is 1.45 bits per heavy atom. The van der Waals surface area contributed by atoms with Crippen molar-refractivity contribution in [2.24, 2.45) is 0 Å². The smallest absolute Gasteiger partial charge is 0.0649 e. The van der Waals surface area contributed by atoms with Crippen LogP contribution in [-0.2, 0) is 4.74 Å². The lowest BCUT2D eigenvalue weighted by Crippen LogP contribution is -2.37. The lowest BCUT2D eigenvalue weighted by molar-refractivity contribution is -0.0202. The molecule has 0 heterocycles. The fourth-order valence-electron chi connectivity index (χ4n) is 0.578. The van der Waals surface area contributed by atoms with E-state index in [0.717, 1.165) is 0 Å². The molecule has 2 N–H and O–H groups in total. The molecule has 0 aliphatic rings. The van der Waals surface area contributed by atoms with Crippen molar-refractivity contribution in [3.8, 4) is 0 Å². The number of hydrogen-bond donors (Lipinski definition) is 2. The van der Waals surface area contributed by atoms with Gasteiger partial charge in [0, 0.05) is 0 Å². The molecule has 0 aliphatic carbocycles. The fourth-order valence-corrected chi connectivity index (χ4v) is 0.578. The Kier molecular flexibility index (Phi) is 4.65. The molecule has 1 atom stereocenters. The second kappa shape index (κ2) is 4.70. The van der Waals surface area contributed by atoms with Crippen LogP contribution in [-0.4, -0.2) is 37.0 Å². The Labute approximate surface area is 68.8 Å². The highest BCUT2D eigenvalue weighted by atomic mass is 16.5. The van der Waals surface area contributed by atoms with Crippen LogP contribution in [0, 0.1) is 0 Å². The minimum absolute atomic E-state index is 0.0502. The van der Waals surface area contributed by atoms with E-state index in [9.17, 15) is 0 Å². The van der Waals surface area contributed by atoms with Crippen LogP contribution in [0.2, 0.25) is 0 Å². The third-order valence-electron chi connectivity index (χ3n) is 1.35. The van der Waals surface area contributed by atoms with Crippen molar-refractivity contribution in [1.29, 1.82) is 0 Å². The van der Waals surface area contributed by atoms with E-state index in [1.54, 1.807) is 0 Å². The van der Waals surface area contributed by atoms with E-state index in [0.29, 0.717) is 6.61 Å². The topological polar surface area (TPSA) is 41.5 Å². The maximum Gasteiger partial charge on any atom is 0.0649 e. The molecule has 0 aromatic carbocycles. The van der Waals surface area contributed by atoms with E-state index in [1.807, 2.05) is 27.8 Å². The summed E-state index contributed by atoms with van der Waals surface area (Å²) < 4.78 is 5.45. The maximum absolute atomic E-state index is 8.78. The minimum atomic E-state index is -0.121. The van der Waals surface area contributed by atoms with Crippen LogP contribution in [0.3, 0.4) is 0 Å². The molecule has 0 radical (unpaired) electrons. The Bertz CT molecular complexity index is 94.8. The average molecular weight is 161 g/mol. The summed E-state index contributed by atoms with van der Waals surface area (Å²) in [5.41, 5.74) is -0.121. The van der Waals surface area contributed by atoms with Crippen molar-refractivity contribution in [2.45, 2.75) is 32.4 Å². The number of hydrogen-bond acceptors (Lipinski definition) is 3. The quantitative estimate of drug-likeness (QED) is 0.626. The highest BCUT2D eigenvalue weighted by molar-refractivity contribution is 4.65. The summed E-state index contributed by atoms with van der Waals surface area (Å²) in [7, 11) is 1.81. The number of likely N-dealkylation sites (N-methyl/N-ethyl adjacent to an activating group) is 1. The van der Waals surface area contributed by atoms with Crippen molar-refractivity contribution < 1.29 is 9.84 Å². The molecule has 0 rings (SSSR count). The molecule has 3 heteroatoms. The molecule has 3 nitrogen and oxygen atoms in total. The molecule has 11 heavy (non-hydrogen) atoms. The van der Waals surface area contributed by atoms with Crippen LogP contribution in [0.5, 0.6) is 0 Å².